The normalized spacial score (nSPS) is 15.6. The number of rotatable bonds is 6. The van der Waals surface area contributed by atoms with Gasteiger partial charge < -0.3 is 24.2 Å². The Labute approximate surface area is 770 Å². The number of hydrogen-bond donors (Lipinski definition) is 0. The maximum absolute atomic E-state index is 10.2. The lowest BCUT2D eigenvalue weighted by Crippen LogP contribution is -2.65. The van der Waals surface area contributed by atoms with Crippen LogP contribution in [-0.2, 0) is 32.5 Å². The first-order chi connectivity index (χ1) is 65.6. The molecule has 1 aromatic heterocycles. The van der Waals surface area contributed by atoms with Crippen LogP contribution in [0.3, 0.4) is 0 Å². The van der Waals surface area contributed by atoms with E-state index >= 15 is 0 Å². The van der Waals surface area contributed by atoms with Gasteiger partial charge >= 0.3 is 0 Å². The van der Waals surface area contributed by atoms with Crippen LogP contribution in [0.1, 0.15) is 164 Å². The minimum Gasteiger partial charge on any atom is -0.311 e. The van der Waals surface area contributed by atoms with Crippen LogP contribution in [0.5, 0.6) is 0 Å². The van der Waals surface area contributed by atoms with E-state index in [0.717, 1.165) is 151 Å². The van der Waals surface area contributed by atoms with Crippen molar-refractivity contribution >= 4 is 136 Å². The Morgan fingerprint density at radius 1 is 0.271 bits per heavy atom. The largest absolute Gasteiger partial charge is 0.311 e. The van der Waals surface area contributed by atoms with Gasteiger partial charge in [0.2, 0.25) is 0 Å². The zero-order chi connectivity index (χ0) is 94.5. The first kappa shape index (κ1) is 69.0. The van der Waals surface area contributed by atoms with Gasteiger partial charge in [-0.3, -0.25) is 0 Å². The van der Waals surface area contributed by atoms with Gasteiger partial charge in [0.05, 0.1) is 44.5 Å². The Balaban J connectivity index is 0.885. The predicted molar refractivity (Wildman–Crippen MR) is 548 cm³/mol. The van der Waals surface area contributed by atoms with E-state index in [4.69, 9.17) is 0 Å². The van der Waals surface area contributed by atoms with Crippen molar-refractivity contribution in [1.82, 2.24) is 4.57 Å². The number of para-hydroxylation sites is 4. The molecule has 0 unspecified atom stereocenters. The van der Waals surface area contributed by atoms with Crippen LogP contribution in [0, 0.1) is 0 Å². The third-order valence-corrected chi connectivity index (χ3v) is 29.5. The van der Waals surface area contributed by atoms with Crippen molar-refractivity contribution in [2.24, 2.45) is 0 Å². The molecule has 6 bridgehead atoms. The van der Waals surface area contributed by atoms with Crippen molar-refractivity contribution in [2.45, 2.75) is 129 Å². The summed E-state index contributed by atoms with van der Waals surface area (Å²) >= 11 is 0. The van der Waals surface area contributed by atoms with Gasteiger partial charge in [0.25, 0.3) is 13.4 Å². The Bertz CT molecular complexity index is 8250. The number of fused-ring (bicyclic) bond motifs is 27. The molecule has 129 heavy (non-hydrogen) atoms. The summed E-state index contributed by atoms with van der Waals surface area (Å²) in [5.41, 5.74) is 38.9. The van der Waals surface area contributed by atoms with E-state index in [1.807, 2.05) is 0 Å². The number of anilines is 12. The van der Waals surface area contributed by atoms with Crippen LogP contribution < -0.4 is 52.4 Å². The van der Waals surface area contributed by atoms with Gasteiger partial charge in [-0.2, -0.15) is 0 Å². The summed E-state index contributed by atoms with van der Waals surface area (Å²) in [7, 11) is 0. The Kier molecular flexibility index (Phi) is 14.6. The summed E-state index contributed by atoms with van der Waals surface area (Å²) in [5.74, 6) is 0. The van der Waals surface area contributed by atoms with Crippen molar-refractivity contribution in [3.8, 4) is 61.3 Å². The molecular weight excluding hydrogens is 1560 g/mol. The van der Waals surface area contributed by atoms with Crippen LogP contribution in [0.4, 0.5) is 68.2 Å². The second-order valence-electron chi connectivity index (χ2n) is 41.3. The molecule has 0 N–H and O–H groups in total. The minimum absolute atomic E-state index is 0.00712. The fourth-order valence-corrected chi connectivity index (χ4v) is 23.4. The van der Waals surface area contributed by atoms with Crippen LogP contribution in [-0.4, -0.2) is 18.0 Å². The minimum atomic E-state index is -0.784. The van der Waals surface area contributed by atoms with E-state index in [0.29, 0.717) is 5.69 Å². The molecule has 0 saturated heterocycles. The summed E-state index contributed by atoms with van der Waals surface area (Å²) in [4.78, 5) is 10.2. The maximum Gasteiger partial charge on any atom is 0.252 e. The van der Waals surface area contributed by atoms with Crippen molar-refractivity contribution in [2.75, 3.05) is 19.6 Å². The quantitative estimate of drug-likeness (QED) is 0.154. The first-order valence-corrected chi connectivity index (χ1v) is 45.7. The van der Waals surface area contributed by atoms with E-state index < -0.39 is 71.3 Å². The van der Waals surface area contributed by atoms with E-state index in [1.54, 1.807) is 4.57 Å². The highest BCUT2D eigenvalue weighted by molar-refractivity contribution is 7.03. The Morgan fingerprint density at radius 3 is 1.30 bits per heavy atom. The lowest BCUT2D eigenvalue weighted by molar-refractivity contribution is 0.546. The number of nitrogens with zero attached hydrogens (tertiary/aromatic N) is 5. The van der Waals surface area contributed by atoms with Crippen LogP contribution in [0.25, 0.3) is 83.1 Å². The van der Waals surface area contributed by atoms with Gasteiger partial charge in [-0.1, -0.05) is 352 Å². The highest BCUT2D eigenvalue weighted by Gasteiger charge is 2.55. The van der Waals surface area contributed by atoms with Crippen LogP contribution >= 0.6 is 0 Å². The molecule has 25 rings (SSSR count). The molecule has 5 nitrogen and oxygen atoms in total. The second-order valence-corrected chi connectivity index (χ2v) is 41.3. The molecule has 1 spiro atoms. The molecule has 5 aliphatic heterocycles. The molecule has 0 radical (unpaired) electrons. The van der Waals surface area contributed by atoms with Gasteiger partial charge in [-0.05, 0) is 258 Å². The standard InChI is InChI=1S/C122H101B2N5/c1-117(2,3)77-41-35-42-81(64-77)125-105-57-33-29-53-98(105)123-100-72-101-109-73-108(100)127(113-69-83(68-112(125)116(113)123)126-102-55-31-24-46-88(102)89-47-25-32-56-103(89)126)82-65-79(119(7,8)9)63-80(66-82)121(13,14)97-71-107(92(70-96(97)120(10,11)12)75-39-19-16-20-40-75)129(109)111-62-76(84-48-36-49-90-87-45-23-28-52-95(87)122(114(84)90)93-50-26-21-43-85(93)86-44-22-27-51-94(86)122)61-110-115(111)124(101)99-54-30-34-58-106(99)128(110)104-60-59-78(118(4,5)6)67-91(104)74-37-17-15-18-38-74/h15-73H,1-14H3/i24D,25D,31D,32D,46D,47D,55D,56D. The monoisotopic (exact) mass is 1670 g/mol. The van der Waals surface area contributed by atoms with Crippen molar-refractivity contribution in [3.63, 3.8) is 0 Å². The van der Waals surface area contributed by atoms with Gasteiger partial charge in [0.15, 0.2) is 0 Å². The van der Waals surface area contributed by atoms with Crippen molar-refractivity contribution in [3.05, 3.63) is 413 Å². The molecule has 0 atom stereocenters. The summed E-state index contributed by atoms with van der Waals surface area (Å²) in [6.07, 6.45) is 0. The average molecular weight is 1670 g/mol. The smallest absolute Gasteiger partial charge is 0.252 e. The second kappa shape index (κ2) is 27.2. The van der Waals surface area contributed by atoms with Crippen molar-refractivity contribution < 1.29 is 11.0 Å². The molecule has 0 fully saturated rings. The van der Waals surface area contributed by atoms with Gasteiger partial charge in [-0.25, -0.2) is 0 Å². The van der Waals surface area contributed by atoms with E-state index in [2.05, 4.69) is 426 Å². The van der Waals surface area contributed by atoms with E-state index in [1.165, 1.54) is 61.2 Å². The highest BCUT2D eigenvalue weighted by Crippen LogP contribution is 2.66. The summed E-state index contributed by atoms with van der Waals surface area (Å²) in [6.45, 7) is 31.6. The third-order valence-electron chi connectivity index (χ3n) is 29.5. The third kappa shape index (κ3) is 11.0. The molecule has 0 amide bonds. The molecule has 18 aromatic rings. The molecular formula is C122H101B2N5. The predicted octanol–water partition coefficient (Wildman–Crippen LogP) is 28.1. The fourth-order valence-electron chi connectivity index (χ4n) is 23.4. The summed E-state index contributed by atoms with van der Waals surface area (Å²) in [5, 5.41) is 0.0142. The average Bonchev–Trinajstić information content (AvgIpc) is 1.56. The lowest BCUT2D eigenvalue weighted by Gasteiger charge is -2.48. The maximum atomic E-state index is 10.2. The molecule has 17 aromatic carbocycles. The van der Waals surface area contributed by atoms with Gasteiger partial charge in [-0.15, -0.1) is 0 Å². The fraction of sp³-hybridized carbons (Fsp3) is 0.164. The van der Waals surface area contributed by atoms with Crippen molar-refractivity contribution in [1.29, 1.82) is 0 Å². The topological polar surface area (TPSA) is 17.9 Å². The zero-order valence-electron chi connectivity index (χ0n) is 83.3. The van der Waals surface area contributed by atoms with E-state index in [-0.39, 0.29) is 44.7 Å². The molecule has 620 valence electrons. The first-order valence-electron chi connectivity index (χ1n) is 49.7. The van der Waals surface area contributed by atoms with E-state index in [9.17, 15) is 11.0 Å². The Hall–Kier alpha value is -14.1. The molecule has 7 aliphatic rings. The molecule has 0 saturated carbocycles. The summed E-state index contributed by atoms with van der Waals surface area (Å²) < 4.78 is 80.0. The Morgan fingerprint density at radius 2 is 0.729 bits per heavy atom. The van der Waals surface area contributed by atoms with Crippen LogP contribution in [0.2, 0.25) is 0 Å². The number of hydrogen-bond acceptors (Lipinski definition) is 4. The van der Waals surface area contributed by atoms with Crippen LogP contribution in [0.15, 0.2) is 358 Å². The molecule has 7 heteroatoms. The number of aromatic nitrogens is 1. The molecule has 6 heterocycles. The SMILES string of the molecule is [2H]c1c([2H])c([2H])c2c(c1[2H])c1c([2H])c([2H])c([2H])c([2H])c1n2-c1cc2c3c(c1)N1c4cc(C(C)(C)C)cc(c4)C(C)(C)c4cc(c(-c5ccccc5)cc4C(C)(C)C)N4c5cc1c(cc5B1c5ccccc5N(c5ccc(C(C)(C)C)cc5-c5ccccc5)c5cc(-c6cccc7c6C6(c8ccccc8-c8ccccc86)c6ccccc6-7)cc4c51)B3c1ccccc1N2c1cccc(C(C)(C)C)c1. The molecule has 2 aliphatic carbocycles. The lowest BCUT2D eigenvalue weighted by atomic mass is 9.30. The number of benzene rings is 17. The zero-order valence-corrected chi connectivity index (χ0v) is 75.3. The summed E-state index contributed by atoms with van der Waals surface area (Å²) in [6, 6.07) is 114. The highest BCUT2D eigenvalue weighted by atomic mass is 15.2. The van der Waals surface area contributed by atoms with Gasteiger partial charge in [0, 0.05) is 84.2 Å². The van der Waals surface area contributed by atoms with Gasteiger partial charge in [0.1, 0.15) is 0 Å².